The fraction of sp³-hybridized carbons (Fsp3) is 0.118. The highest BCUT2D eigenvalue weighted by Gasteiger charge is 2.13. The molecule has 0 N–H and O–H groups in total. The number of hydrogen-bond donors (Lipinski definition) is 0. The van der Waals surface area contributed by atoms with Gasteiger partial charge in [0.2, 0.25) is 0 Å². The van der Waals surface area contributed by atoms with Crippen LogP contribution in [-0.2, 0) is 0 Å². The Balaban J connectivity index is 0.000000181. The van der Waals surface area contributed by atoms with Gasteiger partial charge in [-0.25, -0.2) is 4.98 Å². The lowest BCUT2D eigenvalue weighted by molar-refractivity contribution is 0.415. The minimum atomic E-state index is 0. The highest BCUT2D eigenvalue weighted by molar-refractivity contribution is 6.34. The van der Waals surface area contributed by atoms with Crippen LogP contribution in [0.3, 0.4) is 0 Å². The zero-order valence-electron chi connectivity index (χ0n) is 22.8. The molecule has 0 aliphatic heterocycles. The maximum absolute atomic E-state index is 6.27. The lowest BCUT2D eigenvalue weighted by Crippen LogP contribution is -1.93. The standard InChI is InChI=1S/C17H14ClNO.C17H15NO.ClH/c1-11-16(12-6-4-3-5-7-12)15-10-13(20-2)8-9-14(15)17(18)19-11;1-12-17(13-6-4-3-5-7-13)16-10-15(19-2)9-8-14(16)11-18-12;/h3-10H,1-2H3;3-11H,1-2H3;1H. The molecular formula is C34H30Cl2N2O2. The largest absolute Gasteiger partial charge is 0.497 e. The normalized spacial score (nSPS) is 10.4. The summed E-state index contributed by atoms with van der Waals surface area (Å²) >= 11 is 6.27. The van der Waals surface area contributed by atoms with Crippen molar-refractivity contribution in [2.75, 3.05) is 14.2 Å². The average molecular weight is 570 g/mol. The van der Waals surface area contributed by atoms with Crippen LogP contribution in [0.15, 0.2) is 103 Å². The van der Waals surface area contributed by atoms with Gasteiger partial charge in [-0.1, -0.05) is 72.3 Å². The summed E-state index contributed by atoms with van der Waals surface area (Å²) in [6.45, 7) is 4.02. The van der Waals surface area contributed by atoms with Crippen LogP contribution in [0.25, 0.3) is 43.8 Å². The maximum atomic E-state index is 6.27. The molecule has 0 amide bonds. The number of fused-ring (bicyclic) bond motifs is 2. The van der Waals surface area contributed by atoms with Crippen LogP contribution in [-0.4, -0.2) is 24.2 Å². The van der Waals surface area contributed by atoms with Gasteiger partial charge in [0.15, 0.2) is 0 Å². The first-order valence-electron chi connectivity index (χ1n) is 12.7. The van der Waals surface area contributed by atoms with Gasteiger partial charge < -0.3 is 9.47 Å². The predicted octanol–water partition coefficient (Wildman–Crippen LogP) is 9.51. The lowest BCUT2D eigenvalue weighted by Gasteiger charge is -2.12. The van der Waals surface area contributed by atoms with Gasteiger partial charge in [-0.05, 0) is 72.1 Å². The molecule has 6 aromatic rings. The predicted molar refractivity (Wildman–Crippen MR) is 169 cm³/mol. The molecule has 202 valence electrons. The van der Waals surface area contributed by atoms with Crippen LogP contribution >= 0.6 is 24.0 Å². The number of methoxy groups -OCH3 is 2. The van der Waals surface area contributed by atoms with Crippen LogP contribution in [0.5, 0.6) is 11.5 Å². The molecule has 2 heterocycles. The zero-order chi connectivity index (χ0) is 27.4. The number of hydrogen-bond acceptors (Lipinski definition) is 4. The number of halogens is 2. The van der Waals surface area contributed by atoms with E-state index in [4.69, 9.17) is 21.1 Å². The summed E-state index contributed by atoms with van der Waals surface area (Å²) in [7, 11) is 3.36. The first-order valence-corrected chi connectivity index (χ1v) is 13.1. The quantitative estimate of drug-likeness (QED) is 0.198. The number of ether oxygens (including phenoxy) is 2. The van der Waals surface area contributed by atoms with Crippen molar-refractivity contribution in [3.05, 3.63) is 120 Å². The molecule has 0 bridgehead atoms. The molecule has 0 atom stereocenters. The van der Waals surface area contributed by atoms with Gasteiger partial charge in [0.25, 0.3) is 0 Å². The van der Waals surface area contributed by atoms with E-state index in [2.05, 4.69) is 40.3 Å². The SMILES string of the molecule is COc1ccc2c(Cl)nc(C)c(-c3ccccc3)c2c1.COc1ccc2cnc(C)c(-c3ccccc3)c2c1.Cl. The van der Waals surface area contributed by atoms with Crippen LogP contribution in [0, 0.1) is 13.8 Å². The van der Waals surface area contributed by atoms with Crippen molar-refractivity contribution in [2.24, 2.45) is 0 Å². The summed E-state index contributed by atoms with van der Waals surface area (Å²) in [5.41, 5.74) is 6.55. The van der Waals surface area contributed by atoms with E-state index in [0.29, 0.717) is 5.15 Å². The number of pyridine rings is 2. The van der Waals surface area contributed by atoms with Crippen LogP contribution in [0.2, 0.25) is 5.15 Å². The van der Waals surface area contributed by atoms with Gasteiger partial charge in [-0.3, -0.25) is 4.98 Å². The third-order valence-corrected chi connectivity index (χ3v) is 7.05. The Kier molecular flexibility index (Phi) is 9.26. The minimum absolute atomic E-state index is 0. The minimum Gasteiger partial charge on any atom is -0.497 e. The van der Waals surface area contributed by atoms with Crippen LogP contribution < -0.4 is 9.47 Å². The molecule has 0 fully saturated rings. The Bertz CT molecular complexity index is 1760. The van der Waals surface area contributed by atoms with E-state index in [0.717, 1.165) is 50.2 Å². The van der Waals surface area contributed by atoms with E-state index in [9.17, 15) is 0 Å². The van der Waals surface area contributed by atoms with Crippen LogP contribution in [0.4, 0.5) is 0 Å². The summed E-state index contributed by atoms with van der Waals surface area (Å²) < 4.78 is 10.7. The van der Waals surface area contributed by atoms with Crippen molar-refractivity contribution >= 4 is 45.6 Å². The van der Waals surface area contributed by atoms with E-state index >= 15 is 0 Å². The third kappa shape index (κ3) is 5.89. The van der Waals surface area contributed by atoms with Gasteiger partial charge in [0, 0.05) is 39.5 Å². The molecule has 0 unspecified atom stereocenters. The molecule has 0 aliphatic rings. The number of benzene rings is 4. The first kappa shape index (κ1) is 28.9. The smallest absolute Gasteiger partial charge is 0.137 e. The summed E-state index contributed by atoms with van der Waals surface area (Å²) in [6.07, 6.45) is 1.91. The molecule has 4 nitrogen and oxygen atoms in total. The van der Waals surface area contributed by atoms with E-state index in [1.807, 2.05) is 86.8 Å². The number of rotatable bonds is 4. The van der Waals surface area contributed by atoms with Gasteiger partial charge in [0.1, 0.15) is 16.7 Å². The fourth-order valence-electron chi connectivity index (χ4n) is 4.85. The molecule has 4 aromatic carbocycles. The van der Waals surface area contributed by atoms with E-state index < -0.39 is 0 Å². The van der Waals surface area contributed by atoms with E-state index in [1.165, 1.54) is 16.5 Å². The second kappa shape index (κ2) is 12.8. The Morgan fingerprint density at radius 1 is 0.600 bits per heavy atom. The van der Waals surface area contributed by atoms with Gasteiger partial charge in [-0.15, -0.1) is 12.4 Å². The average Bonchev–Trinajstić information content (AvgIpc) is 2.98. The fourth-order valence-corrected chi connectivity index (χ4v) is 5.14. The molecule has 0 saturated carbocycles. The van der Waals surface area contributed by atoms with Crippen molar-refractivity contribution in [2.45, 2.75) is 13.8 Å². The summed E-state index contributed by atoms with van der Waals surface area (Å²) in [5.74, 6) is 1.69. The molecule has 0 aliphatic carbocycles. The van der Waals surface area contributed by atoms with E-state index in [1.54, 1.807) is 14.2 Å². The Morgan fingerprint density at radius 2 is 1.12 bits per heavy atom. The molecule has 0 radical (unpaired) electrons. The van der Waals surface area contributed by atoms with Crippen molar-refractivity contribution < 1.29 is 9.47 Å². The van der Waals surface area contributed by atoms with Crippen LogP contribution in [0.1, 0.15) is 11.4 Å². The van der Waals surface area contributed by atoms with Crippen molar-refractivity contribution in [3.8, 4) is 33.8 Å². The molecular weight excluding hydrogens is 539 g/mol. The zero-order valence-corrected chi connectivity index (χ0v) is 24.4. The van der Waals surface area contributed by atoms with E-state index in [-0.39, 0.29) is 12.4 Å². The summed E-state index contributed by atoms with van der Waals surface area (Å²) in [4.78, 5) is 8.96. The van der Waals surface area contributed by atoms with Gasteiger partial charge in [-0.2, -0.15) is 0 Å². The maximum Gasteiger partial charge on any atom is 0.137 e. The Morgan fingerprint density at radius 3 is 1.70 bits per heavy atom. The summed E-state index contributed by atoms with van der Waals surface area (Å²) in [5, 5.41) is 4.84. The third-order valence-electron chi connectivity index (χ3n) is 6.76. The van der Waals surface area contributed by atoms with Crippen molar-refractivity contribution in [1.82, 2.24) is 9.97 Å². The molecule has 6 heteroatoms. The van der Waals surface area contributed by atoms with Crippen molar-refractivity contribution in [3.63, 3.8) is 0 Å². The molecule has 2 aromatic heterocycles. The monoisotopic (exact) mass is 568 g/mol. The number of aromatic nitrogens is 2. The lowest BCUT2D eigenvalue weighted by atomic mass is 9.98. The molecule has 40 heavy (non-hydrogen) atoms. The highest BCUT2D eigenvalue weighted by atomic mass is 35.5. The second-order valence-corrected chi connectivity index (χ2v) is 9.54. The highest BCUT2D eigenvalue weighted by Crippen LogP contribution is 2.36. The Labute approximate surface area is 246 Å². The second-order valence-electron chi connectivity index (χ2n) is 9.18. The van der Waals surface area contributed by atoms with Gasteiger partial charge in [0.05, 0.1) is 14.2 Å². The molecule has 0 saturated heterocycles. The number of aryl methyl sites for hydroxylation is 2. The molecule has 6 rings (SSSR count). The summed E-state index contributed by atoms with van der Waals surface area (Å²) in [6, 6.07) is 32.5. The first-order chi connectivity index (χ1) is 19.0. The van der Waals surface area contributed by atoms with Crippen molar-refractivity contribution in [1.29, 1.82) is 0 Å². The van der Waals surface area contributed by atoms with Gasteiger partial charge >= 0.3 is 0 Å². The topological polar surface area (TPSA) is 44.2 Å². The number of nitrogens with zero attached hydrogens (tertiary/aromatic N) is 2. The Hall–Kier alpha value is -4.12. The molecule has 0 spiro atoms.